The van der Waals surface area contributed by atoms with Gasteiger partial charge in [0.2, 0.25) is 0 Å². The van der Waals surface area contributed by atoms with E-state index in [2.05, 4.69) is 0 Å². The molecular formula is C3H10O35Si36. The molecule has 0 radical (unpaired) electrons. The van der Waals surface area contributed by atoms with E-state index in [0.29, 0.717) is 0 Å². The number of hydrogen-bond donors (Lipinski definition) is 0. The van der Waals surface area contributed by atoms with Crippen LogP contribution >= 0.6 is 0 Å². The van der Waals surface area contributed by atoms with Crippen molar-refractivity contribution < 1.29 is 156 Å². The van der Waals surface area contributed by atoms with Gasteiger partial charge in [-0.15, -0.1) is 0 Å². The lowest BCUT2D eigenvalue weighted by molar-refractivity contribution is 0.531. The van der Waals surface area contributed by atoms with Crippen LogP contribution in [0.1, 0.15) is 0 Å². The van der Waals surface area contributed by atoms with Crippen LogP contribution in [0.4, 0.5) is 0 Å². The molecule has 0 saturated heterocycles. The molecule has 0 atom stereocenters. The van der Waals surface area contributed by atoms with E-state index < -0.39 is 279 Å². The number of rotatable bonds is 35. The molecule has 0 unspecified atom stereocenters. The highest BCUT2D eigenvalue weighted by Gasteiger charge is 2.59. The normalized spacial score (nSPS) is 10.1. The minimum absolute atomic E-state index is 1.43. The Hall–Kier alpha value is 0.808. The summed E-state index contributed by atoms with van der Waals surface area (Å²) in [5.41, 5.74) is 0. The molecule has 0 aliphatic rings. The van der Waals surface area contributed by atoms with Gasteiger partial charge in [0.1, 0.15) is 7.59 Å². The molecule has 0 spiro atoms. The quantitative estimate of drug-likeness (QED) is 0.0532. The summed E-state index contributed by atoms with van der Waals surface area (Å²) in [6, 6.07) is 0. The van der Waals surface area contributed by atoms with Gasteiger partial charge in [0.25, 0.3) is 0 Å². The second-order valence-electron chi connectivity index (χ2n) is 13.6. The van der Waals surface area contributed by atoms with Crippen LogP contribution in [0.2, 0.25) is 19.6 Å². The summed E-state index contributed by atoms with van der Waals surface area (Å²) in [5.74, 6) is 0. The van der Waals surface area contributed by atoms with E-state index in [1.807, 2.05) is 0 Å². The minimum atomic E-state index is -4.78. The van der Waals surface area contributed by atoms with Crippen molar-refractivity contribution in [3.63, 3.8) is 0 Å². The first-order valence-corrected chi connectivity index (χ1v) is 105. The zero-order chi connectivity index (χ0) is 58.8. The molecule has 0 heterocycles. The molecule has 0 N–H and O–H groups in total. The molecule has 74 heavy (non-hydrogen) atoms. The highest BCUT2D eigenvalue weighted by atomic mass is 30.1. The van der Waals surface area contributed by atoms with Gasteiger partial charge < -0.3 is 156 Å². The van der Waals surface area contributed by atoms with Crippen molar-refractivity contribution >= 4 is 279 Å². The Morgan fingerprint density at radius 2 is 0.270 bits per heavy atom. The van der Waals surface area contributed by atoms with Gasteiger partial charge in [-0.05, 0) is 0 Å². The Kier molecular flexibility index (Phi) is 32.8. The maximum absolute atomic E-state index is 12.7. The fourth-order valence-electron chi connectivity index (χ4n) is 3.70. The van der Waals surface area contributed by atoms with Crippen LogP contribution in [0, 0.1) is 0 Å². The molecule has 376 valence electrons. The van der Waals surface area contributed by atoms with Crippen molar-refractivity contribution in [2.75, 3.05) is 0 Å². The van der Waals surface area contributed by atoms with Crippen molar-refractivity contribution in [1.29, 1.82) is 0 Å². The zero-order valence-corrected chi connectivity index (χ0v) is 71.5. The maximum Gasteiger partial charge on any atom is 0.381 e. The summed E-state index contributed by atoms with van der Waals surface area (Å²) in [7, 11) is -157. The predicted octanol–water partition coefficient (Wildman–Crippen LogP) is -16.4. The largest absolute Gasteiger partial charge is 0.389 e. The Morgan fingerprint density at radius 1 is 0.176 bits per heavy atom. The van der Waals surface area contributed by atoms with E-state index in [9.17, 15) is 156 Å². The third kappa shape index (κ3) is 18.9. The van der Waals surface area contributed by atoms with Crippen LogP contribution in [0.5, 0.6) is 0 Å². The van der Waals surface area contributed by atoms with E-state index >= 15 is 0 Å². The lowest BCUT2D eigenvalue weighted by atomic mass is 11.8. The lowest BCUT2D eigenvalue weighted by Crippen LogP contribution is -2.58. The summed E-state index contributed by atoms with van der Waals surface area (Å²) in [4.78, 5) is 0. The molecule has 0 saturated carbocycles. The average molecular weight is 1620 g/mol. The topological polar surface area (TPSA) is 597 Å². The molecular weight excluding hydrogens is 1610 g/mol. The van der Waals surface area contributed by atoms with Crippen LogP contribution < -0.4 is 0 Å². The fourth-order valence-corrected chi connectivity index (χ4v) is 417. The first kappa shape index (κ1) is 74.8. The Labute approximate surface area is 449 Å². The Morgan fingerprint density at radius 3 is 0.365 bits per heavy atom. The second kappa shape index (κ2) is 32.4. The average Bonchev–Trinajstić information content (AvgIpc) is 3.39. The smallest absolute Gasteiger partial charge is 0.381 e. The van der Waals surface area contributed by atoms with Gasteiger partial charge in [-0.3, -0.25) is 0 Å². The van der Waals surface area contributed by atoms with Crippen molar-refractivity contribution in [2.45, 2.75) is 19.6 Å². The molecule has 35 nitrogen and oxygen atoms in total. The summed E-state index contributed by atoms with van der Waals surface area (Å²) >= 11 is 0. The standard InChI is InChI=1S/C3H10O35Si36/c1-74(2,3)73(38)72(37)71(36)70(35)69(34)68(33)67(32)66(31)65(30)64(29)63(28)62(27)61(26)60(25)59(24)58(23)57(22)56(21)55(20)54(19)53(18)52(17)51(16)50(15)49(14)48(13)47(12)46(11)45(10)44(9)43(8)42(7)41(6)40(5)39-4/h39H,1-3H3. The summed E-state index contributed by atoms with van der Waals surface area (Å²) < 4.78 is 437. The molecule has 0 bridgehead atoms. The van der Waals surface area contributed by atoms with Gasteiger partial charge in [0.05, 0.1) is 0 Å². The molecule has 71 heteroatoms. The monoisotopic (exact) mass is 1610 g/mol. The molecule has 0 aliphatic heterocycles. The molecule has 0 fully saturated rings. The van der Waals surface area contributed by atoms with Crippen molar-refractivity contribution in [3.8, 4) is 0 Å². The Bertz CT molecular complexity index is 3240. The third-order valence-corrected chi connectivity index (χ3v) is 286. The first-order chi connectivity index (χ1) is 33.5. The fraction of sp³-hybridized carbons (Fsp3) is 1.00. The van der Waals surface area contributed by atoms with E-state index in [1.165, 1.54) is 19.6 Å². The summed E-state index contributed by atoms with van der Waals surface area (Å²) in [6.07, 6.45) is 0. The zero-order valence-electron chi connectivity index (χ0n) is 35.4. The molecule has 0 aromatic carbocycles. The lowest BCUT2D eigenvalue weighted by Gasteiger charge is -2.08. The molecule has 0 aromatic rings. The molecule has 0 rings (SSSR count). The van der Waals surface area contributed by atoms with Gasteiger partial charge >= 0.3 is 271 Å². The van der Waals surface area contributed by atoms with E-state index in [-0.39, 0.29) is 0 Å². The van der Waals surface area contributed by atoms with Crippen molar-refractivity contribution in [2.24, 2.45) is 0 Å². The van der Waals surface area contributed by atoms with Gasteiger partial charge in [-0.25, -0.2) is 0 Å². The first-order valence-electron chi connectivity index (χ1n) is 17.5. The molecule has 0 aliphatic carbocycles. The van der Waals surface area contributed by atoms with Gasteiger partial charge in [-0.2, -0.15) is 0 Å². The minimum Gasteiger partial charge on any atom is -0.389 e. The highest BCUT2D eigenvalue weighted by Crippen LogP contribution is 2.01. The van der Waals surface area contributed by atoms with Gasteiger partial charge in [0.15, 0.2) is 0 Å². The third-order valence-electron chi connectivity index (χ3n) is 7.61. The van der Waals surface area contributed by atoms with Crippen LogP contribution in [0.15, 0.2) is 0 Å². The SMILES string of the molecule is C[Si](C)(C)[Si](=O)[Si](=O)[Si](=O)[Si](=O)[Si](=O)[Si](=O)[Si](=O)[Si](=O)[Si](=O)[Si](=O)[Si](=O)[Si](=O)[Si](=O)[Si](=O)[Si](=O)[Si](=O)[Si](=O)[Si](=O)[Si](=O)[Si](=O)[Si](=O)[Si](=O)[Si](=O)[Si](=O)[Si](=O)[Si](=O)[Si](=O)[Si](=O)[Si](=O)[Si](=O)[Si](=O)[Si](=O)[Si](=O)[Si](=O)[SiH]=O. The second-order valence-corrected chi connectivity index (χ2v) is 190. The van der Waals surface area contributed by atoms with Crippen LogP contribution in [0.3, 0.4) is 0 Å². The van der Waals surface area contributed by atoms with Crippen molar-refractivity contribution in [1.82, 2.24) is 0 Å². The van der Waals surface area contributed by atoms with E-state index in [4.69, 9.17) is 0 Å². The van der Waals surface area contributed by atoms with Crippen LogP contribution in [-0.2, 0) is 156 Å². The van der Waals surface area contributed by atoms with Crippen molar-refractivity contribution in [3.05, 3.63) is 0 Å². The molecule has 0 amide bonds. The van der Waals surface area contributed by atoms with E-state index in [1.54, 1.807) is 0 Å². The van der Waals surface area contributed by atoms with Gasteiger partial charge in [0, 0.05) is 0 Å². The summed E-state index contributed by atoms with van der Waals surface area (Å²) in [6.45, 7) is 4.30. The Balaban J connectivity index is 5.95. The predicted molar refractivity (Wildman–Crippen MR) is 250 cm³/mol. The van der Waals surface area contributed by atoms with Gasteiger partial charge in [-0.1, -0.05) is 19.6 Å². The van der Waals surface area contributed by atoms with Crippen LogP contribution in [-0.4, -0.2) is 279 Å². The van der Waals surface area contributed by atoms with Crippen LogP contribution in [0.25, 0.3) is 0 Å². The summed E-state index contributed by atoms with van der Waals surface area (Å²) in [5, 5.41) is 0. The highest BCUT2D eigenvalue weighted by molar-refractivity contribution is 7.85. The van der Waals surface area contributed by atoms with E-state index in [0.717, 1.165) is 0 Å². The maximum atomic E-state index is 12.7. The number of hydrogen-bond acceptors (Lipinski definition) is 35. The molecule has 0 aromatic heterocycles.